The molecule has 0 bridgehead atoms. The van der Waals surface area contributed by atoms with Crippen molar-refractivity contribution < 1.29 is 13.8 Å². The lowest BCUT2D eigenvalue weighted by atomic mass is 10.2. The van der Waals surface area contributed by atoms with Gasteiger partial charge in [0.2, 0.25) is 0 Å². The number of nitrogens with two attached hydrogens (primary N) is 1. The van der Waals surface area contributed by atoms with Gasteiger partial charge in [-0.25, -0.2) is 0 Å². The summed E-state index contributed by atoms with van der Waals surface area (Å²) in [5.74, 6) is 0. The van der Waals surface area contributed by atoms with Crippen LogP contribution in [0, 0.1) is 6.92 Å². The van der Waals surface area contributed by atoms with Gasteiger partial charge in [0.25, 0.3) is 0 Å². The highest BCUT2D eigenvalue weighted by Crippen LogP contribution is 2.22. The molecule has 1 aromatic rings. The van der Waals surface area contributed by atoms with Crippen LogP contribution in [0.15, 0.2) is 29.2 Å². The lowest BCUT2D eigenvalue weighted by Crippen LogP contribution is -2.59. The molecule has 0 radical (unpaired) electrons. The van der Waals surface area contributed by atoms with Crippen molar-refractivity contribution >= 4 is 12.0 Å². The molecule has 0 saturated carbocycles. The summed E-state index contributed by atoms with van der Waals surface area (Å²) >= 11 is 1.31. The average Bonchev–Trinajstić information content (AvgIpc) is 2.41. The number of aryl methyl sites for hydroxylation is 1. The monoisotopic (exact) mass is 300 g/mol. The van der Waals surface area contributed by atoms with Crippen LogP contribution in [0.4, 0.5) is 0 Å². The lowest BCUT2D eigenvalue weighted by Gasteiger charge is -2.38. The van der Waals surface area contributed by atoms with Gasteiger partial charge < -0.3 is 19.5 Å². The fraction of sp³-hybridized carbons (Fsp3) is 0.571. The first kappa shape index (κ1) is 17.4. The van der Waals surface area contributed by atoms with Gasteiger partial charge in [-0.2, -0.15) is 5.06 Å². The average molecular weight is 300 g/mol. The highest BCUT2D eigenvalue weighted by atomic mass is 32.2. The van der Waals surface area contributed by atoms with E-state index in [1.54, 1.807) is 12.2 Å². The summed E-state index contributed by atoms with van der Waals surface area (Å²) in [7, 11) is 1.63. The molecule has 114 valence electrons. The van der Waals surface area contributed by atoms with Gasteiger partial charge in [-0.05, 0) is 19.1 Å². The molecule has 1 heterocycles. The largest absolute Gasteiger partial charge is 0.355 e. The molecule has 1 saturated heterocycles. The first-order valence-corrected chi connectivity index (χ1v) is 6.93. The minimum absolute atomic E-state index is 0. The number of hydrogen-bond donors (Lipinski definition) is 1. The van der Waals surface area contributed by atoms with Crippen molar-refractivity contribution in [2.24, 2.45) is 5.73 Å². The summed E-state index contributed by atoms with van der Waals surface area (Å²) in [6.45, 7) is 4.13. The zero-order valence-electron chi connectivity index (χ0n) is 11.3. The van der Waals surface area contributed by atoms with E-state index in [1.807, 2.05) is 24.3 Å². The molecule has 1 aliphatic heterocycles. The van der Waals surface area contributed by atoms with Gasteiger partial charge in [0.1, 0.15) is 6.61 Å². The van der Waals surface area contributed by atoms with Gasteiger partial charge in [-0.3, -0.25) is 0 Å². The first-order chi connectivity index (χ1) is 9.11. The van der Waals surface area contributed by atoms with Crippen LogP contribution in [0.3, 0.4) is 0 Å². The molecule has 0 aliphatic carbocycles. The Balaban J connectivity index is 0.00000200. The third kappa shape index (κ3) is 5.05. The zero-order chi connectivity index (χ0) is 13.7. The molecule has 5 nitrogen and oxygen atoms in total. The topological polar surface area (TPSA) is 57.0 Å². The second-order valence-corrected chi connectivity index (χ2v) is 5.49. The Hall–Kier alpha value is -0.630. The maximum Gasteiger partial charge on any atom is 0.156 e. The van der Waals surface area contributed by atoms with Crippen LogP contribution in [-0.4, -0.2) is 44.2 Å². The minimum Gasteiger partial charge on any atom is -0.355 e. The van der Waals surface area contributed by atoms with E-state index in [0.29, 0.717) is 19.8 Å². The van der Waals surface area contributed by atoms with E-state index in [9.17, 15) is 0 Å². The Kier molecular flexibility index (Phi) is 6.94. The molecule has 6 heteroatoms. The number of hydrogen-bond acceptors (Lipinski definition) is 6. The molecule has 0 amide bonds. The van der Waals surface area contributed by atoms with Crippen LogP contribution in [0.25, 0.3) is 0 Å². The fourth-order valence-electron chi connectivity index (χ4n) is 1.81. The lowest BCUT2D eigenvalue weighted by molar-refractivity contribution is -0.229. The highest BCUT2D eigenvalue weighted by Gasteiger charge is 2.33. The molecule has 1 unspecified atom stereocenters. The van der Waals surface area contributed by atoms with Crippen molar-refractivity contribution in [1.82, 2.24) is 5.06 Å². The number of nitrogens with zero attached hydrogens (tertiary/aromatic N) is 1. The number of benzene rings is 1. The summed E-state index contributed by atoms with van der Waals surface area (Å²) in [4.78, 5) is 6.22. The van der Waals surface area contributed by atoms with Crippen molar-refractivity contribution in [3.63, 3.8) is 0 Å². The number of hydroxylamine groups is 2. The van der Waals surface area contributed by atoms with Crippen LogP contribution in [-0.2, 0) is 13.8 Å². The molecule has 1 aliphatic rings. The molecule has 1 aromatic carbocycles. The van der Waals surface area contributed by atoms with E-state index in [4.69, 9.17) is 19.5 Å². The second kappa shape index (κ2) is 7.97. The van der Waals surface area contributed by atoms with Crippen molar-refractivity contribution in [2.45, 2.75) is 25.0 Å². The van der Waals surface area contributed by atoms with Crippen LogP contribution >= 0.6 is 12.0 Å². The van der Waals surface area contributed by atoms with Crippen LogP contribution in [0.5, 0.6) is 0 Å². The van der Waals surface area contributed by atoms with Crippen LogP contribution in [0.1, 0.15) is 13.0 Å². The van der Waals surface area contributed by atoms with E-state index < -0.39 is 5.72 Å². The predicted molar refractivity (Wildman–Crippen MR) is 81.2 cm³/mol. The van der Waals surface area contributed by atoms with Crippen LogP contribution < -0.4 is 5.73 Å². The fourth-order valence-corrected chi connectivity index (χ4v) is 2.45. The van der Waals surface area contributed by atoms with Crippen molar-refractivity contribution in [1.29, 1.82) is 0 Å². The van der Waals surface area contributed by atoms with E-state index in [1.165, 1.54) is 17.6 Å². The molecule has 0 aromatic heterocycles. The number of ether oxygens (including phenoxy) is 1. The Morgan fingerprint density at radius 1 is 1.40 bits per heavy atom. The van der Waals surface area contributed by atoms with Crippen molar-refractivity contribution in [3.8, 4) is 0 Å². The van der Waals surface area contributed by atoms with Crippen molar-refractivity contribution in [2.75, 3.05) is 33.4 Å². The normalized spacial score (nSPS) is 23.4. The Morgan fingerprint density at radius 3 is 2.75 bits per heavy atom. The molecule has 2 rings (SSSR count). The minimum atomic E-state index is -0.814. The molecule has 0 spiro atoms. The smallest absolute Gasteiger partial charge is 0.156 e. The number of morpholine rings is 1. The van der Waals surface area contributed by atoms with Crippen molar-refractivity contribution in [3.05, 3.63) is 29.8 Å². The molecular weight excluding hydrogens is 276 g/mol. The Labute approximate surface area is 125 Å². The van der Waals surface area contributed by atoms with Gasteiger partial charge in [0.05, 0.1) is 20.3 Å². The Morgan fingerprint density at radius 2 is 2.10 bits per heavy atom. The summed E-state index contributed by atoms with van der Waals surface area (Å²) < 4.78 is 11.2. The van der Waals surface area contributed by atoms with Gasteiger partial charge >= 0.3 is 0 Å². The van der Waals surface area contributed by atoms with E-state index >= 15 is 0 Å². The summed E-state index contributed by atoms with van der Waals surface area (Å²) in [5, 5.41) is 1.78. The SMILES string of the molecule is C.CON1CCOC(N)(COSc2ccc(C)cc2)C1. The molecule has 20 heavy (non-hydrogen) atoms. The molecular formula is C14H24N2O3S. The maximum atomic E-state index is 6.13. The van der Waals surface area contributed by atoms with Gasteiger partial charge in [0, 0.05) is 23.5 Å². The predicted octanol–water partition coefficient (Wildman–Crippen LogP) is 2.20. The number of rotatable bonds is 5. The zero-order valence-corrected chi connectivity index (χ0v) is 12.1. The second-order valence-electron chi connectivity index (χ2n) is 4.62. The van der Waals surface area contributed by atoms with E-state index in [-0.39, 0.29) is 7.43 Å². The molecule has 2 N–H and O–H groups in total. The van der Waals surface area contributed by atoms with Crippen LogP contribution in [0.2, 0.25) is 0 Å². The quantitative estimate of drug-likeness (QED) is 0.841. The van der Waals surface area contributed by atoms with E-state index in [0.717, 1.165) is 11.4 Å². The summed E-state index contributed by atoms with van der Waals surface area (Å²) in [6, 6.07) is 8.14. The van der Waals surface area contributed by atoms with Gasteiger partial charge in [-0.15, -0.1) is 0 Å². The standard InChI is InChI=1S/C13H20N2O3S.CH4/c1-11-3-5-12(6-4-11)19-18-10-13(14)9-15(16-2)7-8-17-13;/h3-6H,7-10,14H2,1-2H3;1H4. The van der Waals surface area contributed by atoms with Gasteiger partial charge in [-0.1, -0.05) is 25.1 Å². The molecule has 1 fully saturated rings. The highest BCUT2D eigenvalue weighted by molar-refractivity contribution is 7.94. The third-order valence-corrected chi connectivity index (χ3v) is 3.61. The first-order valence-electron chi connectivity index (χ1n) is 6.19. The third-order valence-electron chi connectivity index (χ3n) is 2.91. The summed E-state index contributed by atoms with van der Waals surface area (Å²) in [6.07, 6.45) is 0. The summed E-state index contributed by atoms with van der Waals surface area (Å²) in [5.41, 5.74) is 6.55. The van der Waals surface area contributed by atoms with E-state index in [2.05, 4.69) is 6.92 Å². The van der Waals surface area contributed by atoms with Gasteiger partial charge in [0.15, 0.2) is 5.72 Å². The Bertz CT molecular complexity index is 402. The maximum absolute atomic E-state index is 6.13. The molecule has 1 atom stereocenters.